The van der Waals surface area contributed by atoms with Gasteiger partial charge in [-0.15, -0.1) is 10.2 Å². The van der Waals surface area contributed by atoms with Crippen LogP contribution in [0.15, 0.2) is 33.5 Å². The standard InChI is InChI=1S/C17H24N4O5S3/c1-6-13(11-7-9-12(10-8-11)28(5,23)24)21-29(25,26)16-20-19-15(27-16)18-14(22)17(2,3)4/h7-10,13,21H,6H2,1-5H3,(H,18,19,22)/t13-/m1/s1. The van der Waals surface area contributed by atoms with E-state index in [0.29, 0.717) is 12.0 Å². The third kappa shape index (κ3) is 6.04. The summed E-state index contributed by atoms with van der Waals surface area (Å²) in [5, 5.41) is 10.0. The van der Waals surface area contributed by atoms with Gasteiger partial charge in [0.15, 0.2) is 9.84 Å². The van der Waals surface area contributed by atoms with Crippen LogP contribution in [0.4, 0.5) is 5.13 Å². The van der Waals surface area contributed by atoms with E-state index in [0.717, 1.165) is 17.6 Å². The van der Waals surface area contributed by atoms with E-state index in [9.17, 15) is 21.6 Å². The van der Waals surface area contributed by atoms with Crippen LogP contribution in [0.25, 0.3) is 0 Å². The highest BCUT2D eigenvalue weighted by atomic mass is 32.2. The molecule has 12 heteroatoms. The van der Waals surface area contributed by atoms with Gasteiger partial charge in [0, 0.05) is 17.7 Å². The normalized spacial score (nSPS) is 13.8. The first-order valence-corrected chi connectivity index (χ1v) is 12.9. The quantitative estimate of drug-likeness (QED) is 0.605. The van der Waals surface area contributed by atoms with Crippen LogP contribution < -0.4 is 10.0 Å². The molecule has 1 atom stereocenters. The number of rotatable bonds is 7. The summed E-state index contributed by atoms with van der Waals surface area (Å²) in [6.07, 6.45) is 1.54. The predicted molar refractivity (Wildman–Crippen MR) is 111 cm³/mol. The zero-order valence-electron chi connectivity index (χ0n) is 16.8. The second kappa shape index (κ2) is 8.46. The molecule has 160 valence electrons. The zero-order chi connectivity index (χ0) is 22.0. The molecule has 29 heavy (non-hydrogen) atoms. The first-order chi connectivity index (χ1) is 13.2. The third-order valence-electron chi connectivity index (χ3n) is 3.95. The molecule has 2 rings (SSSR count). The number of benzene rings is 1. The van der Waals surface area contributed by atoms with Crippen molar-refractivity contribution in [3.8, 4) is 0 Å². The van der Waals surface area contributed by atoms with Crippen LogP contribution >= 0.6 is 11.3 Å². The number of amides is 1. The number of anilines is 1. The largest absolute Gasteiger partial charge is 0.300 e. The van der Waals surface area contributed by atoms with Gasteiger partial charge in [-0.1, -0.05) is 51.2 Å². The number of aromatic nitrogens is 2. The summed E-state index contributed by atoms with van der Waals surface area (Å²) in [6, 6.07) is 5.44. The Morgan fingerprint density at radius 3 is 2.17 bits per heavy atom. The lowest BCUT2D eigenvalue weighted by Crippen LogP contribution is -2.28. The van der Waals surface area contributed by atoms with Crippen molar-refractivity contribution in [2.45, 2.75) is 49.4 Å². The summed E-state index contributed by atoms with van der Waals surface area (Å²) in [5.41, 5.74) is -0.0387. The number of sulfone groups is 1. The Morgan fingerprint density at radius 2 is 1.69 bits per heavy atom. The highest BCUT2D eigenvalue weighted by molar-refractivity contribution is 7.91. The summed E-state index contributed by atoms with van der Waals surface area (Å²) in [7, 11) is -7.32. The molecule has 9 nitrogen and oxygen atoms in total. The van der Waals surface area contributed by atoms with Crippen molar-refractivity contribution >= 4 is 42.2 Å². The lowest BCUT2D eigenvalue weighted by Gasteiger charge is -2.17. The van der Waals surface area contributed by atoms with Gasteiger partial charge >= 0.3 is 0 Å². The Kier molecular flexibility index (Phi) is 6.82. The molecular weight excluding hydrogens is 436 g/mol. The van der Waals surface area contributed by atoms with Crippen LogP contribution in [0.3, 0.4) is 0 Å². The average molecular weight is 461 g/mol. The van der Waals surface area contributed by atoms with Gasteiger partial charge in [0.25, 0.3) is 10.0 Å². The minimum Gasteiger partial charge on any atom is -0.300 e. The van der Waals surface area contributed by atoms with Gasteiger partial charge in [0.1, 0.15) is 0 Å². The predicted octanol–water partition coefficient (Wildman–Crippen LogP) is 2.36. The molecule has 0 spiro atoms. The Balaban J connectivity index is 2.20. The molecule has 0 radical (unpaired) electrons. The summed E-state index contributed by atoms with van der Waals surface area (Å²) >= 11 is 0.754. The number of nitrogens with one attached hydrogen (secondary N) is 2. The lowest BCUT2D eigenvalue weighted by atomic mass is 9.96. The molecule has 0 aliphatic rings. The molecule has 1 aromatic carbocycles. The second-order valence-corrected chi connectivity index (χ2v) is 12.4. The van der Waals surface area contributed by atoms with Crippen LogP contribution in [0.2, 0.25) is 0 Å². The van der Waals surface area contributed by atoms with E-state index in [4.69, 9.17) is 0 Å². The zero-order valence-corrected chi connectivity index (χ0v) is 19.2. The Hall–Kier alpha value is -1.89. The fourth-order valence-corrected chi connectivity index (χ4v) is 5.07. The van der Waals surface area contributed by atoms with Crippen molar-refractivity contribution in [3.63, 3.8) is 0 Å². The van der Waals surface area contributed by atoms with Crippen LogP contribution in [-0.2, 0) is 24.7 Å². The van der Waals surface area contributed by atoms with Crippen molar-refractivity contribution in [2.75, 3.05) is 11.6 Å². The van der Waals surface area contributed by atoms with Gasteiger partial charge in [-0.25, -0.2) is 21.6 Å². The van der Waals surface area contributed by atoms with Crippen LogP contribution in [0.1, 0.15) is 45.7 Å². The maximum Gasteiger partial charge on any atom is 0.270 e. The molecule has 0 aliphatic heterocycles. The highest BCUT2D eigenvalue weighted by Gasteiger charge is 2.27. The molecule has 0 bridgehead atoms. The third-order valence-corrected chi connectivity index (χ3v) is 7.76. The fraction of sp³-hybridized carbons (Fsp3) is 0.471. The van der Waals surface area contributed by atoms with Crippen LogP contribution in [0.5, 0.6) is 0 Å². The maximum absolute atomic E-state index is 12.7. The van der Waals surface area contributed by atoms with Gasteiger partial charge in [0.2, 0.25) is 15.4 Å². The van der Waals surface area contributed by atoms with Crippen LogP contribution in [-0.4, -0.2) is 39.2 Å². The summed E-state index contributed by atoms with van der Waals surface area (Å²) in [5.74, 6) is -0.303. The Bertz CT molecular complexity index is 1080. The summed E-state index contributed by atoms with van der Waals surface area (Å²) < 4.78 is 50.8. The minimum atomic E-state index is -3.98. The molecule has 2 aromatic rings. The van der Waals surface area contributed by atoms with Crippen LogP contribution in [0, 0.1) is 5.41 Å². The van der Waals surface area contributed by atoms with E-state index >= 15 is 0 Å². The lowest BCUT2D eigenvalue weighted by molar-refractivity contribution is -0.123. The molecule has 0 aliphatic carbocycles. The van der Waals surface area contributed by atoms with Crippen molar-refractivity contribution in [3.05, 3.63) is 29.8 Å². The molecular formula is C17H24N4O5S3. The van der Waals surface area contributed by atoms with Gasteiger partial charge in [0.05, 0.1) is 4.90 Å². The number of carbonyl (C=O) groups excluding carboxylic acids is 1. The highest BCUT2D eigenvalue weighted by Crippen LogP contribution is 2.26. The molecule has 2 N–H and O–H groups in total. The van der Waals surface area contributed by atoms with Gasteiger partial charge in [-0.2, -0.15) is 0 Å². The van der Waals surface area contributed by atoms with Crippen molar-refractivity contribution in [1.29, 1.82) is 0 Å². The maximum atomic E-state index is 12.7. The molecule has 0 unspecified atom stereocenters. The number of hydrogen-bond donors (Lipinski definition) is 2. The Morgan fingerprint density at radius 1 is 1.10 bits per heavy atom. The van der Waals surface area contributed by atoms with Crippen molar-refractivity contribution in [2.24, 2.45) is 5.41 Å². The molecule has 1 aromatic heterocycles. The summed E-state index contributed by atoms with van der Waals surface area (Å²) in [4.78, 5) is 12.2. The molecule has 0 saturated carbocycles. The number of hydrogen-bond acceptors (Lipinski definition) is 8. The fourth-order valence-electron chi connectivity index (χ4n) is 2.23. The molecule has 1 amide bonds. The van der Waals surface area contributed by atoms with Gasteiger partial charge in [-0.3, -0.25) is 4.79 Å². The van der Waals surface area contributed by atoms with E-state index in [-0.39, 0.29) is 20.3 Å². The van der Waals surface area contributed by atoms with E-state index in [1.54, 1.807) is 39.8 Å². The second-order valence-electron chi connectivity index (χ2n) is 7.50. The Labute approximate surface area is 174 Å². The topological polar surface area (TPSA) is 135 Å². The molecule has 0 fully saturated rings. The van der Waals surface area contributed by atoms with Crippen molar-refractivity contribution in [1.82, 2.24) is 14.9 Å². The molecule has 0 saturated heterocycles. The first kappa shape index (κ1) is 23.4. The SMILES string of the molecule is CC[C@@H](NS(=O)(=O)c1nnc(NC(=O)C(C)(C)C)s1)c1ccc(S(C)(=O)=O)cc1. The number of carbonyl (C=O) groups is 1. The van der Waals surface area contributed by atoms with Gasteiger partial charge < -0.3 is 5.32 Å². The first-order valence-electron chi connectivity index (χ1n) is 8.71. The van der Waals surface area contributed by atoms with Gasteiger partial charge in [-0.05, 0) is 24.1 Å². The minimum absolute atomic E-state index is 0.0934. The number of nitrogens with zero attached hydrogens (tertiary/aromatic N) is 2. The molecule has 1 heterocycles. The van der Waals surface area contributed by atoms with E-state index < -0.39 is 31.3 Å². The monoisotopic (exact) mass is 460 g/mol. The van der Waals surface area contributed by atoms with E-state index in [1.165, 1.54) is 12.1 Å². The average Bonchev–Trinajstić information content (AvgIpc) is 3.08. The van der Waals surface area contributed by atoms with E-state index in [2.05, 4.69) is 20.2 Å². The smallest absolute Gasteiger partial charge is 0.270 e. The summed E-state index contributed by atoms with van der Waals surface area (Å²) in [6.45, 7) is 6.98. The number of sulfonamides is 1. The van der Waals surface area contributed by atoms with Crippen molar-refractivity contribution < 1.29 is 21.6 Å². The van der Waals surface area contributed by atoms with E-state index in [1.807, 2.05) is 0 Å².